The third-order valence-corrected chi connectivity index (χ3v) is 5.07. The zero-order chi connectivity index (χ0) is 17.5. The maximum Gasteiger partial charge on any atom is 0.226 e. The fraction of sp³-hybridized carbons (Fsp3) is 0.333. The van der Waals surface area contributed by atoms with E-state index in [1.807, 2.05) is 36.4 Å². The van der Waals surface area contributed by atoms with Gasteiger partial charge in [0.05, 0.1) is 25.1 Å². The zero-order valence-corrected chi connectivity index (χ0v) is 15.4. The lowest BCUT2D eigenvalue weighted by Crippen LogP contribution is -2.36. The number of benzene rings is 1. The maximum absolute atomic E-state index is 12.0. The summed E-state index contributed by atoms with van der Waals surface area (Å²) in [5, 5.41) is 3.56. The number of aromatic nitrogens is 1. The number of carbonyl (C=O) groups is 1. The molecule has 0 atom stereocenters. The number of halogens is 1. The van der Waals surface area contributed by atoms with Crippen LogP contribution in [0.4, 0.5) is 11.5 Å². The van der Waals surface area contributed by atoms with E-state index in [1.165, 1.54) is 0 Å². The van der Waals surface area contributed by atoms with Gasteiger partial charge >= 0.3 is 0 Å². The highest BCUT2D eigenvalue weighted by Gasteiger charge is 2.11. The Hall–Kier alpha value is -1.76. The molecule has 1 aromatic carbocycles. The molecule has 2 aromatic rings. The number of anilines is 2. The number of carbonyl (C=O) groups excluding carboxylic acids is 1. The van der Waals surface area contributed by atoms with Crippen LogP contribution in [0.3, 0.4) is 0 Å². The van der Waals surface area contributed by atoms with Crippen LogP contribution in [0.15, 0.2) is 47.5 Å². The van der Waals surface area contributed by atoms with Crippen LogP contribution < -0.4 is 10.2 Å². The summed E-state index contributed by atoms with van der Waals surface area (Å²) in [6.45, 7) is 3.22. The van der Waals surface area contributed by atoms with Crippen LogP contribution in [0, 0.1) is 0 Å². The lowest BCUT2D eigenvalue weighted by Gasteiger charge is -2.28. The van der Waals surface area contributed by atoms with Crippen LogP contribution >= 0.6 is 23.4 Å². The molecule has 0 radical (unpaired) electrons. The van der Waals surface area contributed by atoms with Crippen molar-refractivity contribution in [1.82, 2.24) is 4.98 Å². The van der Waals surface area contributed by atoms with E-state index in [-0.39, 0.29) is 5.91 Å². The minimum Gasteiger partial charge on any atom is -0.378 e. The molecule has 3 rings (SSSR count). The van der Waals surface area contributed by atoms with Crippen LogP contribution in [0.5, 0.6) is 0 Å². The SMILES string of the molecule is O=C(CCSc1ccc(Cl)cc1)Nc1ccc(N2CCOCC2)cn1. The van der Waals surface area contributed by atoms with Crippen molar-refractivity contribution in [2.24, 2.45) is 0 Å². The molecule has 0 saturated carbocycles. The Morgan fingerprint density at radius 3 is 2.64 bits per heavy atom. The molecule has 1 fully saturated rings. The molecule has 7 heteroatoms. The molecule has 1 amide bonds. The van der Waals surface area contributed by atoms with E-state index >= 15 is 0 Å². The van der Waals surface area contributed by atoms with Gasteiger partial charge in [-0.3, -0.25) is 4.79 Å². The van der Waals surface area contributed by atoms with Crippen LogP contribution in [-0.4, -0.2) is 42.9 Å². The number of ether oxygens (including phenoxy) is 1. The van der Waals surface area contributed by atoms with Gasteiger partial charge in [-0.2, -0.15) is 0 Å². The summed E-state index contributed by atoms with van der Waals surface area (Å²) in [6, 6.07) is 11.4. The molecule has 0 unspecified atom stereocenters. The van der Waals surface area contributed by atoms with Crippen LogP contribution in [0.25, 0.3) is 0 Å². The van der Waals surface area contributed by atoms with E-state index in [2.05, 4.69) is 15.2 Å². The quantitative estimate of drug-likeness (QED) is 0.778. The zero-order valence-electron chi connectivity index (χ0n) is 13.8. The first-order valence-electron chi connectivity index (χ1n) is 8.18. The summed E-state index contributed by atoms with van der Waals surface area (Å²) in [5.41, 5.74) is 1.06. The summed E-state index contributed by atoms with van der Waals surface area (Å²) in [5.74, 6) is 1.26. The molecule has 1 aliphatic rings. The average Bonchev–Trinajstić information content (AvgIpc) is 2.65. The largest absolute Gasteiger partial charge is 0.378 e. The van der Waals surface area contributed by atoms with Gasteiger partial charge in [0.25, 0.3) is 0 Å². The van der Waals surface area contributed by atoms with Crippen molar-refractivity contribution in [2.45, 2.75) is 11.3 Å². The summed E-state index contributed by atoms with van der Waals surface area (Å²) in [6.07, 6.45) is 2.23. The lowest BCUT2D eigenvalue weighted by atomic mass is 10.3. The smallest absolute Gasteiger partial charge is 0.226 e. The van der Waals surface area contributed by atoms with Gasteiger partial charge in [0.1, 0.15) is 5.82 Å². The van der Waals surface area contributed by atoms with E-state index in [0.717, 1.165) is 36.9 Å². The molecule has 1 aliphatic heterocycles. The summed E-state index contributed by atoms with van der Waals surface area (Å²) >= 11 is 7.49. The molecule has 1 saturated heterocycles. The fourth-order valence-corrected chi connectivity index (χ4v) is 3.44. The van der Waals surface area contributed by atoms with E-state index < -0.39 is 0 Å². The Morgan fingerprint density at radius 2 is 1.96 bits per heavy atom. The van der Waals surface area contributed by atoms with Crippen molar-refractivity contribution in [3.63, 3.8) is 0 Å². The third kappa shape index (κ3) is 5.63. The second-order valence-electron chi connectivity index (χ2n) is 5.60. The Bertz CT molecular complexity index is 688. The molecular weight excluding hydrogens is 358 g/mol. The van der Waals surface area contributed by atoms with Gasteiger partial charge in [0, 0.05) is 35.2 Å². The minimum absolute atomic E-state index is 0.0342. The highest BCUT2D eigenvalue weighted by molar-refractivity contribution is 7.99. The molecule has 0 bridgehead atoms. The number of pyridine rings is 1. The molecule has 132 valence electrons. The van der Waals surface area contributed by atoms with Gasteiger partial charge in [-0.15, -0.1) is 11.8 Å². The lowest BCUT2D eigenvalue weighted by molar-refractivity contribution is -0.115. The molecule has 1 N–H and O–H groups in total. The number of amides is 1. The van der Waals surface area contributed by atoms with E-state index in [4.69, 9.17) is 16.3 Å². The van der Waals surface area contributed by atoms with Crippen molar-refractivity contribution >= 4 is 40.8 Å². The first-order chi connectivity index (χ1) is 12.2. The first kappa shape index (κ1) is 18.0. The predicted octanol–water partition coefficient (Wildman–Crippen LogP) is 3.69. The average molecular weight is 378 g/mol. The Balaban J connectivity index is 1.43. The van der Waals surface area contributed by atoms with Gasteiger partial charge in [-0.1, -0.05) is 11.6 Å². The topological polar surface area (TPSA) is 54.5 Å². The van der Waals surface area contributed by atoms with Gasteiger partial charge in [0.15, 0.2) is 0 Å². The molecule has 0 spiro atoms. The highest BCUT2D eigenvalue weighted by atomic mass is 35.5. The van der Waals surface area contributed by atoms with Crippen molar-refractivity contribution in [3.8, 4) is 0 Å². The predicted molar refractivity (Wildman–Crippen MR) is 103 cm³/mol. The van der Waals surface area contributed by atoms with Crippen LogP contribution in [-0.2, 0) is 9.53 Å². The van der Waals surface area contributed by atoms with E-state index in [1.54, 1.807) is 18.0 Å². The Labute approximate surface area is 156 Å². The maximum atomic E-state index is 12.0. The summed E-state index contributed by atoms with van der Waals surface area (Å²) < 4.78 is 5.35. The summed E-state index contributed by atoms with van der Waals surface area (Å²) in [4.78, 5) is 19.7. The second-order valence-corrected chi connectivity index (χ2v) is 7.21. The third-order valence-electron chi connectivity index (χ3n) is 3.80. The highest BCUT2D eigenvalue weighted by Crippen LogP contribution is 2.21. The number of rotatable bonds is 6. The monoisotopic (exact) mass is 377 g/mol. The molecular formula is C18H20ClN3O2S. The standard InChI is InChI=1S/C18H20ClN3O2S/c19-14-1-4-16(5-2-14)25-12-7-18(23)21-17-6-3-15(13-20-17)22-8-10-24-11-9-22/h1-6,13H,7-12H2,(H,20,21,23). The normalized spacial score (nSPS) is 14.4. The second kappa shape index (κ2) is 9.08. The van der Waals surface area contributed by atoms with Gasteiger partial charge in [0.2, 0.25) is 5.91 Å². The van der Waals surface area contributed by atoms with E-state index in [9.17, 15) is 4.79 Å². The van der Waals surface area contributed by atoms with Crippen molar-refractivity contribution in [2.75, 3.05) is 42.3 Å². The molecule has 2 heterocycles. The number of nitrogens with zero attached hydrogens (tertiary/aromatic N) is 2. The van der Waals surface area contributed by atoms with Gasteiger partial charge in [-0.25, -0.2) is 4.98 Å². The van der Waals surface area contributed by atoms with E-state index in [0.29, 0.717) is 23.0 Å². The van der Waals surface area contributed by atoms with Crippen LogP contribution in [0.1, 0.15) is 6.42 Å². The van der Waals surface area contributed by atoms with Gasteiger partial charge < -0.3 is 15.0 Å². The number of nitrogens with one attached hydrogen (secondary N) is 1. The number of hydrogen-bond donors (Lipinski definition) is 1. The number of hydrogen-bond acceptors (Lipinski definition) is 5. The van der Waals surface area contributed by atoms with Crippen LogP contribution in [0.2, 0.25) is 5.02 Å². The minimum atomic E-state index is -0.0342. The Morgan fingerprint density at radius 1 is 1.20 bits per heavy atom. The molecule has 25 heavy (non-hydrogen) atoms. The number of thioether (sulfide) groups is 1. The molecule has 5 nitrogen and oxygen atoms in total. The van der Waals surface area contributed by atoms with Gasteiger partial charge in [-0.05, 0) is 36.4 Å². The number of morpholine rings is 1. The van der Waals surface area contributed by atoms with Crippen molar-refractivity contribution in [3.05, 3.63) is 47.6 Å². The molecule has 0 aliphatic carbocycles. The van der Waals surface area contributed by atoms with Crippen molar-refractivity contribution < 1.29 is 9.53 Å². The van der Waals surface area contributed by atoms with Crippen molar-refractivity contribution in [1.29, 1.82) is 0 Å². The summed E-state index contributed by atoms with van der Waals surface area (Å²) in [7, 11) is 0. The molecule has 1 aromatic heterocycles. The fourth-order valence-electron chi connectivity index (χ4n) is 2.47. The first-order valence-corrected chi connectivity index (χ1v) is 9.54. The Kier molecular flexibility index (Phi) is 6.55.